The van der Waals surface area contributed by atoms with E-state index in [-0.39, 0.29) is 0 Å². The van der Waals surface area contributed by atoms with Gasteiger partial charge in [-0.2, -0.15) is 0 Å². The number of hydrogen-bond acceptors (Lipinski definition) is 2. The van der Waals surface area contributed by atoms with Crippen LogP contribution in [0.1, 0.15) is 5.56 Å². The fourth-order valence-corrected chi connectivity index (χ4v) is 2.16. The number of hydrogen-bond donors (Lipinski definition) is 1. The van der Waals surface area contributed by atoms with Gasteiger partial charge in [-0.15, -0.1) is 0 Å². The Morgan fingerprint density at radius 3 is 2.56 bits per heavy atom. The molecule has 0 radical (unpaired) electrons. The molecule has 18 heavy (non-hydrogen) atoms. The Labute approximate surface area is 120 Å². The molecule has 4 heteroatoms. The Morgan fingerprint density at radius 1 is 1.17 bits per heavy atom. The van der Waals surface area contributed by atoms with Crippen molar-refractivity contribution < 1.29 is 4.74 Å². The Balaban J connectivity index is 2.12. The number of methoxy groups -OCH3 is 1. The Kier molecular flexibility index (Phi) is 4.50. The van der Waals surface area contributed by atoms with Crippen molar-refractivity contribution in [3.8, 4) is 5.75 Å². The molecular weight excluding hydrogens is 314 g/mol. The molecule has 2 rings (SSSR count). The second kappa shape index (κ2) is 6.12. The van der Waals surface area contributed by atoms with Crippen LogP contribution in [0, 0.1) is 0 Å². The minimum absolute atomic E-state index is 0.629. The standard InChI is InChI=1S/C14H13BrClNO/c1-18-14-4-2-3-13(16)12(14)9-17-11-7-5-10(15)6-8-11/h2-8,17H,9H2,1H3. The highest BCUT2D eigenvalue weighted by Crippen LogP contribution is 2.27. The van der Waals surface area contributed by atoms with Gasteiger partial charge < -0.3 is 10.1 Å². The van der Waals surface area contributed by atoms with Crippen LogP contribution in [0.25, 0.3) is 0 Å². The van der Waals surface area contributed by atoms with Gasteiger partial charge >= 0.3 is 0 Å². The van der Waals surface area contributed by atoms with E-state index in [1.54, 1.807) is 7.11 Å². The number of nitrogens with one attached hydrogen (secondary N) is 1. The first-order chi connectivity index (χ1) is 8.70. The molecule has 0 bridgehead atoms. The van der Waals surface area contributed by atoms with E-state index in [9.17, 15) is 0 Å². The highest BCUT2D eigenvalue weighted by molar-refractivity contribution is 9.10. The van der Waals surface area contributed by atoms with Crippen LogP contribution in [0.4, 0.5) is 5.69 Å². The van der Waals surface area contributed by atoms with Crippen molar-refractivity contribution in [2.45, 2.75) is 6.54 Å². The zero-order valence-electron chi connectivity index (χ0n) is 9.91. The summed E-state index contributed by atoms with van der Waals surface area (Å²) in [5.41, 5.74) is 2.00. The minimum atomic E-state index is 0.629. The molecule has 0 aliphatic carbocycles. The molecule has 94 valence electrons. The van der Waals surface area contributed by atoms with E-state index in [1.807, 2.05) is 42.5 Å². The zero-order chi connectivity index (χ0) is 13.0. The molecule has 0 fully saturated rings. The largest absolute Gasteiger partial charge is 0.496 e. The minimum Gasteiger partial charge on any atom is -0.496 e. The summed E-state index contributed by atoms with van der Waals surface area (Å²) in [6, 6.07) is 13.6. The molecule has 0 saturated carbocycles. The smallest absolute Gasteiger partial charge is 0.125 e. The molecule has 0 heterocycles. The van der Waals surface area contributed by atoms with Crippen molar-refractivity contribution in [1.82, 2.24) is 0 Å². The van der Waals surface area contributed by atoms with E-state index in [1.165, 1.54) is 0 Å². The van der Waals surface area contributed by atoms with Gasteiger partial charge in [0.25, 0.3) is 0 Å². The van der Waals surface area contributed by atoms with Crippen LogP contribution in [-0.4, -0.2) is 7.11 Å². The number of ether oxygens (including phenoxy) is 1. The average molecular weight is 327 g/mol. The number of rotatable bonds is 4. The van der Waals surface area contributed by atoms with Crippen LogP contribution in [0.3, 0.4) is 0 Å². The predicted octanol–water partition coefficient (Wildman–Crippen LogP) is 4.72. The van der Waals surface area contributed by atoms with Crippen molar-refractivity contribution in [1.29, 1.82) is 0 Å². The van der Waals surface area contributed by atoms with E-state index < -0.39 is 0 Å². The van der Waals surface area contributed by atoms with Crippen LogP contribution in [0.15, 0.2) is 46.9 Å². The lowest BCUT2D eigenvalue weighted by atomic mass is 10.2. The highest BCUT2D eigenvalue weighted by Gasteiger charge is 2.06. The summed E-state index contributed by atoms with van der Waals surface area (Å²) in [7, 11) is 1.65. The second-order valence-corrected chi connectivity index (χ2v) is 5.10. The maximum atomic E-state index is 6.17. The summed E-state index contributed by atoms with van der Waals surface area (Å²) < 4.78 is 6.36. The molecule has 0 unspecified atom stereocenters. The van der Waals surface area contributed by atoms with Crippen LogP contribution < -0.4 is 10.1 Å². The van der Waals surface area contributed by atoms with Crippen molar-refractivity contribution in [2.24, 2.45) is 0 Å². The zero-order valence-corrected chi connectivity index (χ0v) is 12.3. The first-order valence-corrected chi connectivity index (χ1v) is 6.68. The molecule has 2 aromatic rings. The van der Waals surface area contributed by atoms with Crippen molar-refractivity contribution >= 4 is 33.2 Å². The summed E-state index contributed by atoms with van der Waals surface area (Å²) in [5, 5.41) is 4.03. The second-order valence-electron chi connectivity index (χ2n) is 3.78. The molecule has 0 atom stereocenters. The van der Waals surface area contributed by atoms with Gasteiger partial charge in [0, 0.05) is 27.3 Å². The molecule has 0 aliphatic rings. The van der Waals surface area contributed by atoms with E-state index in [0.29, 0.717) is 11.6 Å². The lowest BCUT2D eigenvalue weighted by Crippen LogP contribution is -2.02. The fourth-order valence-electron chi connectivity index (χ4n) is 1.66. The van der Waals surface area contributed by atoms with Gasteiger partial charge in [0.05, 0.1) is 7.11 Å². The Hall–Kier alpha value is -1.19. The van der Waals surface area contributed by atoms with E-state index in [2.05, 4.69) is 21.2 Å². The Morgan fingerprint density at radius 2 is 1.89 bits per heavy atom. The molecule has 0 aliphatic heterocycles. The van der Waals surface area contributed by atoms with Crippen LogP contribution >= 0.6 is 27.5 Å². The summed E-state index contributed by atoms with van der Waals surface area (Å²) in [5.74, 6) is 0.798. The first-order valence-electron chi connectivity index (χ1n) is 5.51. The van der Waals surface area contributed by atoms with Gasteiger partial charge in [0.1, 0.15) is 5.75 Å². The van der Waals surface area contributed by atoms with E-state index in [0.717, 1.165) is 21.5 Å². The van der Waals surface area contributed by atoms with Crippen molar-refractivity contribution in [3.63, 3.8) is 0 Å². The quantitative estimate of drug-likeness (QED) is 0.877. The third kappa shape index (κ3) is 3.18. The SMILES string of the molecule is COc1cccc(Cl)c1CNc1ccc(Br)cc1. The monoisotopic (exact) mass is 325 g/mol. The van der Waals surface area contributed by atoms with Gasteiger partial charge in [-0.05, 0) is 36.4 Å². The normalized spacial score (nSPS) is 10.2. The summed E-state index contributed by atoms with van der Waals surface area (Å²) in [6.07, 6.45) is 0. The molecule has 0 amide bonds. The molecule has 0 saturated heterocycles. The van der Waals surface area contributed by atoms with Crippen LogP contribution in [0.2, 0.25) is 5.02 Å². The van der Waals surface area contributed by atoms with Crippen LogP contribution in [0.5, 0.6) is 5.75 Å². The lowest BCUT2D eigenvalue weighted by Gasteiger charge is -2.12. The average Bonchev–Trinajstić information content (AvgIpc) is 2.39. The Bertz CT molecular complexity index is 528. The van der Waals surface area contributed by atoms with Gasteiger partial charge in [-0.25, -0.2) is 0 Å². The van der Waals surface area contributed by atoms with E-state index in [4.69, 9.17) is 16.3 Å². The maximum absolute atomic E-state index is 6.17. The summed E-state index contributed by atoms with van der Waals surface area (Å²) in [6.45, 7) is 0.629. The highest BCUT2D eigenvalue weighted by atomic mass is 79.9. The number of anilines is 1. The van der Waals surface area contributed by atoms with Gasteiger partial charge in [-0.3, -0.25) is 0 Å². The van der Waals surface area contributed by atoms with Gasteiger partial charge in [0.2, 0.25) is 0 Å². The van der Waals surface area contributed by atoms with Crippen LogP contribution in [-0.2, 0) is 6.54 Å². The predicted molar refractivity (Wildman–Crippen MR) is 79.5 cm³/mol. The lowest BCUT2D eigenvalue weighted by molar-refractivity contribution is 0.410. The van der Waals surface area contributed by atoms with E-state index >= 15 is 0 Å². The van der Waals surface area contributed by atoms with Crippen molar-refractivity contribution in [3.05, 3.63) is 57.5 Å². The van der Waals surface area contributed by atoms with Gasteiger partial charge in [0.15, 0.2) is 0 Å². The van der Waals surface area contributed by atoms with Gasteiger partial charge in [-0.1, -0.05) is 33.6 Å². The first kappa shape index (κ1) is 13.2. The number of halogens is 2. The van der Waals surface area contributed by atoms with Crippen molar-refractivity contribution in [2.75, 3.05) is 12.4 Å². The molecule has 1 N–H and O–H groups in total. The molecule has 2 nitrogen and oxygen atoms in total. The maximum Gasteiger partial charge on any atom is 0.125 e. The summed E-state index contributed by atoms with van der Waals surface area (Å²) in [4.78, 5) is 0. The summed E-state index contributed by atoms with van der Waals surface area (Å²) >= 11 is 9.58. The third-order valence-electron chi connectivity index (χ3n) is 2.61. The molecule has 0 spiro atoms. The molecular formula is C14H13BrClNO. The molecule has 0 aromatic heterocycles. The topological polar surface area (TPSA) is 21.3 Å². The third-order valence-corrected chi connectivity index (χ3v) is 3.49. The fraction of sp³-hybridized carbons (Fsp3) is 0.143. The molecule has 2 aromatic carbocycles. The number of benzene rings is 2.